The van der Waals surface area contributed by atoms with Crippen molar-refractivity contribution in [2.45, 2.75) is 33.7 Å². The van der Waals surface area contributed by atoms with Crippen LogP contribution in [-0.4, -0.2) is 17.9 Å². The zero-order valence-corrected chi connectivity index (χ0v) is 12.1. The van der Waals surface area contributed by atoms with Crippen LogP contribution in [0.1, 0.15) is 36.7 Å². The molecule has 0 aliphatic carbocycles. The molecule has 1 atom stereocenters. The smallest absolute Gasteiger partial charge is 0.248 e. The van der Waals surface area contributed by atoms with Gasteiger partial charge < -0.3 is 16.8 Å². The molecule has 0 aliphatic rings. The van der Waals surface area contributed by atoms with Gasteiger partial charge in [-0.2, -0.15) is 0 Å². The fourth-order valence-electron chi connectivity index (χ4n) is 1.55. The van der Waals surface area contributed by atoms with Gasteiger partial charge in [-0.15, -0.1) is 0 Å². The molecule has 0 radical (unpaired) electrons. The van der Waals surface area contributed by atoms with Crippen molar-refractivity contribution in [3.63, 3.8) is 0 Å². The molecule has 0 saturated heterocycles. The van der Waals surface area contributed by atoms with E-state index in [-0.39, 0.29) is 16.8 Å². The van der Waals surface area contributed by atoms with E-state index in [4.69, 9.17) is 11.5 Å². The number of hydrogen-bond acceptors (Lipinski definition) is 3. The summed E-state index contributed by atoms with van der Waals surface area (Å²) in [7, 11) is 0. The summed E-state index contributed by atoms with van der Waals surface area (Å²) in [6.07, 6.45) is 0. The lowest BCUT2D eigenvalue weighted by Crippen LogP contribution is -2.45. The molecule has 20 heavy (non-hydrogen) atoms. The fourth-order valence-corrected chi connectivity index (χ4v) is 1.55. The Morgan fingerprint density at radius 2 is 1.85 bits per heavy atom. The van der Waals surface area contributed by atoms with Gasteiger partial charge in [-0.3, -0.25) is 9.59 Å². The van der Waals surface area contributed by atoms with E-state index >= 15 is 0 Å². The molecule has 0 saturated carbocycles. The zero-order chi connectivity index (χ0) is 15.7. The highest BCUT2D eigenvalue weighted by atomic mass is 19.1. The summed E-state index contributed by atoms with van der Waals surface area (Å²) in [6, 6.07) is 1.62. The van der Waals surface area contributed by atoms with E-state index in [1.807, 2.05) is 20.8 Å². The molecule has 2 amide bonds. The SMILES string of the molecule is Cc1c(F)cc(C(N)=O)cc1NC(=O)[C@H](N)C(C)(C)C. The van der Waals surface area contributed by atoms with Crippen LogP contribution in [0.4, 0.5) is 10.1 Å². The number of anilines is 1. The van der Waals surface area contributed by atoms with Gasteiger partial charge in [-0.1, -0.05) is 20.8 Å². The maximum atomic E-state index is 13.7. The first-order chi connectivity index (χ1) is 9.04. The monoisotopic (exact) mass is 281 g/mol. The van der Waals surface area contributed by atoms with Gasteiger partial charge in [-0.25, -0.2) is 4.39 Å². The number of amides is 2. The van der Waals surface area contributed by atoms with Crippen molar-refractivity contribution in [1.82, 2.24) is 0 Å². The molecule has 1 aromatic carbocycles. The Kier molecular flexibility index (Phi) is 4.50. The summed E-state index contributed by atoms with van der Waals surface area (Å²) in [4.78, 5) is 23.1. The van der Waals surface area contributed by atoms with Crippen molar-refractivity contribution in [2.24, 2.45) is 16.9 Å². The van der Waals surface area contributed by atoms with E-state index in [1.165, 1.54) is 13.0 Å². The highest BCUT2D eigenvalue weighted by molar-refractivity contribution is 5.98. The summed E-state index contributed by atoms with van der Waals surface area (Å²) in [5.41, 5.74) is 10.9. The molecule has 0 fully saturated rings. The van der Waals surface area contributed by atoms with E-state index in [9.17, 15) is 14.0 Å². The summed E-state index contributed by atoms with van der Waals surface area (Å²) in [5.74, 6) is -1.82. The molecular formula is C14H20FN3O2. The van der Waals surface area contributed by atoms with Gasteiger partial charge in [0.2, 0.25) is 11.8 Å². The molecule has 0 unspecified atom stereocenters. The lowest BCUT2D eigenvalue weighted by Gasteiger charge is -2.26. The number of nitrogens with two attached hydrogens (primary N) is 2. The highest BCUT2D eigenvalue weighted by Crippen LogP contribution is 2.23. The minimum absolute atomic E-state index is 0.00673. The van der Waals surface area contributed by atoms with Crippen LogP contribution in [0.3, 0.4) is 0 Å². The number of hydrogen-bond donors (Lipinski definition) is 3. The van der Waals surface area contributed by atoms with Crippen molar-refractivity contribution in [3.05, 3.63) is 29.1 Å². The number of nitrogens with one attached hydrogen (secondary N) is 1. The lowest BCUT2D eigenvalue weighted by molar-refractivity contribution is -0.119. The van der Waals surface area contributed by atoms with Crippen LogP contribution in [0, 0.1) is 18.2 Å². The summed E-state index contributed by atoms with van der Waals surface area (Å²) < 4.78 is 13.7. The van der Waals surface area contributed by atoms with E-state index in [1.54, 1.807) is 0 Å². The van der Waals surface area contributed by atoms with Crippen LogP contribution in [0.2, 0.25) is 0 Å². The third kappa shape index (κ3) is 3.54. The maximum Gasteiger partial charge on any atom is 0.248 e. The van der Waals surface area contributed by atoms with E-state index in [0.717, 1.165) is 6.07 Å². The normalized spacial score (nSPS) is 12.9. The quantitative estimate of drug-likeness (QED) is 0.783. The summed E-state index contributed by atoms with van der Waals surface area (Å²) >= 11 is 0. The number of halogens is 1. The molecule has 1 rings (SSSR count). The van der Waals surface area contributed by atoms with Crippen molar-refractivity contribution < 1.29 is 14.0 Å². The third-order valence-corrected chi connectivity index (χ3v) is 3.10. The molecule has 5 N–H and O–H groups in total. The Morgan fingerprint density at radius 1 is 1.30 bits per heavy atom. The van der Waals surface area contributed by atoms with Crippen LogP contribution in [-0.2, 0) is 4.79 Å². The zero-order valence-electron chi connectivity index (χ0n) is 12.1. The lowest BCUT2D eigenvalue weighted by atomic mass is 9.87. The van der Waals surface area contributed by atoms with Gasteiger partial charge in [0.15, 0.2) is 0 Å². The first-order valence-electron chi connectivity index (χ1n) is 6.20. The third-order valence-electron chi connectivity index (χ3n) is 3.10. The second-order valence-corrected chi connectivity index (χ2v) is 5.83. The molecule has 0 heterocycles. The van der Waals surface area contributed by atoms with Crippen molar-refractivity contribution in [2.75, 3.05) is 5.32 Å². The average Bonchev–Trinajstić information content (AvgIpc) is 2.32. The molecule has 0 aromatic heterocycles. The molecular weight excluding hydrogens is 261 g/mol. The van der Waals surface area contributed by atoms with Crippen LogP contribution in [0.15, 0.2) is 12.1 Å². The first kappa shape index (κ1) is 16.1. The van der Waals surface area contributed by atoms with Gasteiger partial charge in [0, 0.05) is 16.8 Å². The topological polar surface area (TPSA) is 98.2 Å². The predicted molar refractivity (Wildman–Crippen MR) is 75.7 cm³/mol. The van der Waals surface area contributed by atoms with E-state index in [2.05, 4.69) is 5.32 Å². The van der Waals surface area contributed by atoms with Crippen LogP contribution < -0.4 is 16.8 Å². The Labute approximate surface area is 117 Å². The number of rotatable bonds is 3. The van der Waals surface area contributed by atoms with Crippen LogP contribution in [0.25, 0.3) is 0 Å². The minimum atomic E-state index is -0.764. The molecule has 0 spiro atoms. The first-order valence-corrected chi connectivity index (χ1v) is 6.20. The number of benzene rings is 1. The molecule has 110 valence electrons. The standard InChI is InChI=1S/C14H20FN3O2/c1-7-9(15)5-8(12(17)19)6-10(7)18-13(20)11(16)14(2,3)4/h5-6,11H,16H2,1-4H3,(H2,17,19)(H,18,20)/t11-/m0/s1. The van der Waals surface area contributed by atoms with Gasteiger partial charge >= 0.3 is 0 Å². The van der Waals surface area contributed by atoms with Crippen molar-refractivity contribution >= 4 is 17.5 Å². The van der Waals surface area contributed by atoms with Crippen LogP contribution in [0.5, 0.6) is 0 Å². The van der Waals surface area contributed by atoms with Crippen molar-refractivity contribution in [1.29, 1.82) is 0 Å². The van der Waals surface area contributed by atoms with E-state index < -0.39 is 29.1 Å². The second-order valence-electron chi connectivity index (χ2n) is 5.83. The number of primary amides is 1. The Hall–Kier alpha value is -1.95. The Balaban J connectivity index is 3.09. The summed E-state index contributed by atoms with van der Waals surface area (Å²) in [6.45, 7) is 6.97. The minimum Gasteiger partial charge on any atom is -0.366 e. The number of carbonyl (C=O) groups excluding carboxylic acids is 2. The van der Waals surface area contributed by atoms with Gasteiger partial charge in [0.1, 0.15) is 5.82 Å². The van der Waals surface area contributed by atoms with E-state index in [0.29, 0.717) is 0 Å². The predicted octanol–water partition coefficient (Wildman–Crippen LogP) is 1.54. The van der Waals surface area contributed by atoms with Crippen molar-refractivity contribution in [3.8, 4) is 0 Å². The molecule has 0 bridgehead atoms. The Morgan fingerprint density at radius 3 is 2.30 bits per heavy atom. The molecule has 6 heteroatoms. The second kappa shape index (κ2) is 5.58. The van der Waals surface area contributed by atoms with Crippen LogP contribution >= 0.6 is 0 Å². The highest BCUT2D eigenvalue weighted by Gasteiger charge is 2.28. The molecule has 1 aromatic rings. The average molecular weight is 281 g/mol. The molecule has 0 aliphatic heterocycles. The van der Waals surface area contributed by atoms with Gasteiger partial charge in [0.25, 0.3) is 0 Å². The largest absolute Gasteiger partial charge is 0.366 e. The van der Waals surface area contributed by atoms with Gasteiger partial charge in [0.05, 0.1) is 6.04 Å². The van der Waals surface area contributed by atoms with Gasteiger partial charge in [-0.05, 0) is 24.5 Å². The molecule has 5 nitrogen and oxygen atoms in total. The number of carbonyl (C=O) groups is 2. The summed E-state index contributed by atoms with van der Waals surface area (Å²) in [5, 5.41) is 2.54. The Bertz CT molecular complexity index is 550. The maximum absolute atomic E-state index is 13.7. The fraction of sp³-hybridized carbons (Fsp3) is 0.429.